The highest BCUT2D eigenvalue weighted by molar-refractivity contribution is 6.00. The molecule has 0 aliphatic heterocycles. The number of halogens is 3. The van der Waals surface area contributed by atoms with Crippen molar-refractivity contribution in [3.63, 3.8) is 0 Å². The Labute approximate surface area is 122 Å². The molecule has 0 fully saturated rings. The minimum absolute atomic E-state index is 0.0370. The van der Waals surface area contributed by atoms with E-state index in [2.05, 4.69) is 0 Å². The van der Waals surface area contributed by atoms with Gasteiger partial charge in [0.1, 0.15) is 5.84 Å². The molecule has 21 heavy (non-hydrogen) atoms. The number of anilines is 1. The number of nitrogens with zero attached hydrogens (tertiary/aromatic N) is 1. The van der Waals surface area contributed by atoms with E-state index < -0.39 is 11.7 Å². The van der Waals surface area contributed by atoms with Crippen molar-refractivity contribution in [2.75, 3.05) is 25.2 Å². The lowest BCUT2D eigenvalue weighted by Gasteiger charge is -2.31. The van der Waals surface area contributed by atoms with Crippen molar-refractivity contribution in [3.8, 4) is 0 Å². The van der Waals surface area contributed by atoms with Gasteiger partial charge in [-0.3, -0.25) is 5.41 Å². The predicted molar refractivity (Wildman–Crippen MR) is 76.8 cm³/mol. The van der Waals surface area contributed by atoms with E-state index in [0.717, 1.165) is 12.1 Å². The number of nitrogens with two attached hydrogens (primary N) is 1. The van der Waals surface area contributed by atoms with Crippen LogP contribution in [0.5, 0.6) is 0 Å². The van der Waals surface area contributed by atoms with Crippen LogP contribution >= 0.6 is 0 Å². The van der Waals surface area contributed by atoms with Gasteiger partial charge < -0.3 is 15.4 Å². The summed E-state index contributed by atoms with van der Waals surface area (Å²) >= 11 is 0. The number of alkyl halides is 3. The summed E-state index contributed by atoms with van der Waals surface area (Å²) in [5.74, 6) is -0.390. The van der Waals surface area contributed by atoms with Crippen molar-refractivity contribution in [3.05, 3.63) is 29.3 Å². The topological polar surface area (TPSA) is 62.3 Å². The molecule has 7 heteroatoms. The van der Waals surface area contributed by atoms with Crippen molar-refractivity contribution < 1.29 is 17.9 Å². The second-order valence-electron chi connectivity index (χ2n) is 4.92. The average Bonchev–Trinajstić information content (AvgIpc) is 2.37. The van der Waals surface area contributed by atoms with E-state index in [9.17, 15) is 13.2 Å². The van der Waals surface area contributed by atoms with Crippen LogP contribution in [0.2, 0.25) is 0 Å². The molecule has 3 N–H and O–H groups in total. The highest BCUT2D eigenvalue weighted by atomic mass is 19.4. The van der Waals surface area contributed by atoms with Crippen molar-refractivity contribution in [2.24, 2.45) is 5.73 Å². The van der Waals surface area contributed by atoms with Crippen LogP contribution in [0.25, 0.3) is 0 Å². The van der Waals surface area contributed by atoms with Crippen molar-refractivity contribution in [1.29, 1.82) is 5.41 Å². The van der Waals surface area contributed by atoms with Crippen molar-refractivity contribution >= 4 is 11.5 Å². The first-order valence-electron chi connectivity index (χ1n) is 6.49. The number of nitrogen functional groups attached to an aromatic ring is 1. The molecule has 0 amide bonds. The molecule has 0 unspecified atom stereocenters. The Morgan fingerprint density at radius 2 is 2.00 bits per heavy atom. The van der Waals surface area contributed by atoms with Gasteiger partial charge in [0.25, 0.3) is 0 Å². The lowest BCUT2D eigenvalue weighted by atomic mass is 10.0. The van der Waals surface area contributed by atoms with Gasteiger partial charge in [0.05, 0.1) is 12.2 Å². The normalized spacial score (nSPS) is 11.8. The molecule has 0 atom stereocenters. The van der Waals surface area contributed by atoms with Crippen LogP contribution in [-0.2, 0) is 10.9 Å². The molecule has 0 aromatic heterocycles. The van der Waals surface area contributed by atoms with E-state index in [1.54, 1.807) is 7.11 Å². The summed E-state index contributed by atoms with van der Waals surface area (Å²) in [6.07, 6.45) is -4.46. The van der Waals surface area contributed by atoms with Crippen LogP contribution < -0.4 is 10.6 Å². The van der Waals surface area contributed by atoms with Crippen LogP contribution in [0.4, 0.5) is 18.9 Å². The van der Waals surface area contributed by atoms with E-state index in [1.165, 1.54) is 6.07 Å². The molecule has 0 aliphatic rings. The van der Waals surface area contributed by atoms with Gasteiger partial charge in [-0.05, 0) is 32.0 Å². The third-order valence-electron chi connectivity index (χ3n) is 3.08. The summed E-state index contributed by atoms with van der Waals surface area (Å²) in [6.45, 7) is 4.75. The van der Waals surface area contributed by atoms with Gasteiger partial charge in [-0.25, -0.2) is 0 Å². The van der Waals surface area contributed by atoms with Crippen LogP contribution in [-0.4, -0.2) is 32.1 Å². The van der Waals surface area contributed by atoms with Gasteiger partial charge in [-0.2, -0.15) is 13.2 Å². The number of methoxy groups -OCH3 is 1. The largest absolute Gasteiger partial charge is 0.416 e. The Kier molecular flexibility index (Phi) is 5.60. The van der Waals surface area contributed by atoms with Crippen molar-refractivity contribution in [2.45, 2.75) is 26.1 Å². The third-order valence-corrected chi connectivity index (χ3v) is 3.08. The zero-order chi connectivity index (χ0) is 16.2. The second-order valence-corrected chi connectivity index (χ2v) is 4.92. The molecule has 0 saturated carbocycles. The van der Waals surface area contributed by atoms with Gasteiger partial charge in [-0.1, -0.05) is 0 Å². The van der Waals surface area contributed by atoms with Gasteiger partial charge in [-0.15, -0.1) is 0 Å². The lowest BCUT2D eigenvalue weighted by Crippen LogP contribution is -2.35. The monoisotopic (exact) mass is 303 g/mol. The van der Waals surface area contributed by atoms with Gasteiger partial charge in [0, 0.05) is 30.9 Å². The molecule has 0 aliphatic carbocycles. The summed E-state index contributed by atoms with van der Waals surface area (Å²) in [6, 6.07) is 3.31. The summed E-state index contributed by atoms with van der Waals surface area (Å²) < 4.78 is 43.4. The SMILES string of the molecule is COCCN(c1ccc(C(F)(F)F)cc1C(=N)N)C(C)C. The van der Waals surface area contributed by atoms with E-state index in [0.29, 0.717) is 18.8 Å². The molecule has 0 heterocycles. The number of hydrogen-bond donors (Lipinski definition) is 2. The number of amidine groups is 1. The molecule has 0 saturated heterocycles. The van der Waals surface area contributed by atoms with E-state index >= 15 is 0 Å². The number of ether oxygens (including phenoxy) is 1. The Morgan fingerprint density at radius 1 is 1.38 bits per heavy atom. The first-order chi connectivity index (χ1) is 9.68. The molecule has 1 rings (SSSR count). The van der Waals surface area contributed by atoms with Crippen molar-refractivity contribution in [1.82, 2.24) is 0 Å². The minimum atomic E-state index is -4.46. The summed E-state index contributed by atoms with van der Waals surface area (Å²) in [5.41, 5.74) is 5.22. The molecule has 0 radical (unpaired) electrons. The zero-order valence-electron chi connectivity index (χ0n) is 12.3. The molecule has 0 bridgehead atoms. The summed E-state index contributed by atoms with van der Waals surface area (Å²) in [7, 11) is 1.55. The maximum Gasteiger partial charge on any atom is 0.416 e. The average molecular weight is 303 g/mol. The molecule has 0 spiro atoms. The Morgan fingerprint density at radius 3 is 2.43 bits per heavy atom. The smallest absolute Gasteiger partial charge is 0.384 e. The molecular weight excluding hydrogens is 283 g/mol. The number of rotatable bonds is 6. The number of benzene rings is 1. The molecule has 1 aromatic carbocycles. The summed E-state index contributed by atoms with van der Waals surface area (Å²) in [5, 5.41) is 7.54. The fraction of sp³-hybridized carbons (Fsp3) is 0.500. The number of nitrogens with one attached hydrogen (secondary N) is 1. The Hall–Kier alpha value is -1.76. The Balaban J connectivity index is 3.30. The quantitative estimate of drug-likeness (QED) is 0.627. The predicted octanol–water partition coefficient (Wildman–Crippen LogP) is 2.85. The standard InChI is InChI=1S/C14H20F3N3O/c1-9(2)20(6-7-21-3)12-5-4-10(14(15,16)17)8-11(12)13(18)19/h4-5,8-9H,6-7H2,1-3H3,(H3,18,19). The fourth-order valence-corrected chi connectivity index (χ4v) is 2.03. The van der Waals surface area contributed by atoms with Gasteiger partial charge >= 0.3 is 6.18 Å². The molecule has 118 valence electrons. The molecule has 4 nitrogen and oxygen atoms in total. The Bertz CT molecular complexity index is 501. The van der Waals surface area contributed by atoms with Crippen LogP contribution in [0, 0.1) is 5.41 Å². The van der Waals surface area contributed by atoms with Crippen LogP contribution in [0.3, 0.4) is 0 Å². The van der Waals surface area contributed by atoms with E-state index in [4.69, 9.17) is 15.9 Å². The van der Waals surface area contributed by atoms with E-state index in [-0.39, 0.29) is 17.4 Å². The highest BCUT2D eigenvalue weighted by Gasteiger charge is 2.32. The minimum Gasteiger partial charge on any atom is -0.384 e. The second kappa shape index (κ2) is 6.80. The summed E-state index contributed by atoms with van der Waals surface area (Å²) in [4.78, 5) is 1.86. The fourth-order valence-electron chi connectivity index (χ4n) is 2.03. The first kappa shape index (κ1) is 17.3. The molecule has 1 aromatic rings. The lowest BCUT2D eigenvalue weighted by molar-refractivity contribution is -0.137. The highest BCUT2D eigenvalue weighted by Crippen LogP contribution is 2.33. The maximum absolute atomic E-state index is 12.8. The maximum atomic E-state index is 12.8. The van der Waals surface area contributed by atoms with Crippen LogP contribution in [0.15, 0.2) is 18.2 Å². The molecular formula is C14H20F3N3O. The van der Waals surface area contributed by atoms with Gasteiger partial charge in [0.2, 0.25) is 0 Å². The third kappa shape index (κ3) is 4.35. The number of hydrogen-bond acceptors (Lipinski definition) is 3. The van der Waals surface area contributed by atoms with Gasteiger partial charge in [0.15, 0.2) is 0 Å². The zero-order valence-corrected chi connectivity index (χ0v) is 12.3. The first-order valence-corrected chi connectivity index (χ1v) is 6.49. The van der Waals surface area contributed by atoms with E-state index in [1.807, 2.05) is 18.7 Å². The van der Waals surface area contributed by atoms with Crippen LogP contribution in [0.1, 0.15) is 25.0 Å².